The Kier molecular flexibility index (Phi) is 3.58. The number of aryl methyl sites for hydroxylation is 2. The third-order valence-corrected chi connectivity index (χ3v) is 4.06. The molecular weight excluding hydrogens is 304 g/mol. The average Bonchev–Trinajstić information content (AvgIpc) is 2.71. The van der Waals surface area contributed by atoms with Gasteiger partial charge in [-0.05, 0) is 22.9 Å². The van der Waals surface area contributed by atoms with Gasteiger partial charge in [-0.3, -0.25) is 4.79 Å². The van der Waals surface area contributed by atoms with Crippen LogP contribution in [0.5, 0.6) is 0 Å². The fraction of sp³-hybridized carbons (Fsp3) is 0.300. The van der Waals surface area contributed by atoms with E-state index in [-0.39, 0.29) is 5.56 Å². The van der Waals surface area contributed by atoms with Gasteiger partial charge in [-0.15, -0.1) is 11.3 Å². The Labute approximate surface area is 111 Å². The van der Waals surface area contributed by atoms with E-state index in [1.807, 2.05) is 12.4 Å². The summed E-state index contributed by atoms with van der Waals surface area (Å²) in [7, 11) is 1.62. The van der Waals surface area contributed by atoms with Crippen LogP contribution in [0, 0.1) is 6.92 Å². The Hall–Kier alpha value is -1.21. The first-order valence-corrected chi connectivity index (χ1v) is 6.61. The lowest BCUT2D eigenvalue weighted by molar-refractivity contribution is 0.703. The summed E-state index contributed by atoms with van der Waals surface area (Å²) in [5.74, 6) is 0. The van der Waals surface area contributed by atoms with Gasteiger partial charge < -0.3 is 5.32 Å². The van der Waals surface area contributed by atoms with E-state index in [4.69, 9.17) is 0 Å². The molecule has 0 spiro atoms. The standard InChI is InChI=1S/C10H11BrN4OS/c1-6-8(17-5-13-6)4-12-7-3-14-15(2)10(16)9(7)11/h3,5,12H,4H2,1-2H3. The summed E-state index contributed by atoms with van der Waals surface area (Å²) in [4.78, 5) is 16.9. The van der Waals surface area contributed by atoms with Gasteiger partial charge >= 0.3 is 0 Å². The van der Waals surface area contributed by atoms with Crippen LogP contribution in [0.2, 0.25) is 0 Å². The van der Waals surface area contributed by atoms with E-state index in [0.717, 1.165) is 10.6 Å². The Morgan fingerprint density at radius 3 is 3.00 bits per heavy atom. The van der Waals surface area contributed by atoms with Crippen molar-refractivity contribution in [2.45, 2.75) is 13.5 Å². The van der Waals surface area contributed by atoms with E-state index < -0.39 is 0 Å². The van der Waals surface area contributed by atoms with Gasteiger partial charge in [0, 0.05) is 11.9 Å². The van der Waals surface area contributed by atoms with E-state index in [9.17, 15) is 4.79 Å². The summed E-state index contributed by atoms with van der Waals surface area (Å²) in [5.41, 5.74) is 3.36. The molecule has 2 heterocycles. The normalized spacial score (nSPS) is 10.5. The van der Waals surface area contributed by atoms with Gasteiger partial charge in [-0.1, -0.05) is 0 Å². The SMILES string of the molecule is Cc1ncsc1CNc1cnn(C)c(=O)c1Br. The zero-order valence-corrected chi connectivity index (χ0v) is 11.8. The highest BCUT2D eigenvalue weighted by atomic mass is 79.9. The lowest BCUT2D eigenvalue weighted by Gasteiger charge is -2.07. The molecule has 0 aliphatic carbocycles. The lowest BCUT2D eigenvalue weighted by Crippen LogP contribution is -2.21. The monoisotopic (exact) mass is 314 g/mol. The maximum absolute atomic E-state index is 11.6. The van der Waals surface area contributed by atoms with Gasteiger partial charge in [0.15, 0.2) is 0 Å². The summed E-state index contributed by atoms with van der Waals surface area (Å²) in [6.07, 6.45) is 1.63. The molecule has 2 aromatic rings. The molecule has 2 aromatic heterocycles. The number of halogens is 1. The van der Waals surface area contributed by atoms with Crippen LogP contribution >= 0.6 is 27.3 Å². The second-order valence-corrected chi connectivity index (χ2v) is 5.25. The molecule has 0 amide bonds. The summed E-state index contributed by atoms with van der Waals surface area (Å²) in [5, 5.41) is 7.13. The molecule has 7 heteroatoms. The molecule has 0 unspecified atom stereocenters. The van der Waals surface area contributed by atoms with Crippen LogP contribution in [-0.2, 0) is 13.6 Å². The van der Waals surface area contributed by atoms with Crippen LogP contribution in [0.25, 0.3) is 0 Å². The van der Waals surface area contributed by atoms with Crippen LogP contribution in [-0.4, -0.2) is 14.8 Å². The lowest BCUT2D eigenvalue weighted by atomic mass is 10.3. The van der Waals surface area contributed by atoms with E-state index in [1.165, 1.54) is 4.68 Å². The van der Waals surface area contributed by atoms with Gasteiger partial charge in [0.05, 0.1) is 29.6 Å². The van der Waals surface area contributed by atoms with E-state index >= 15 is 0 Å². The number of hydrogen-bond acceptors (Lipinski definition) is 5. The third kappa shape index (κ3) is 2.55. The number of nitrogens with one attached hydrogen (secondary N) is 1. The molecule has 1 N–H and O–H groups in total. The molecule has 0 radical (unpaired) electrons. The minimum absolute atomic E-state index is 0.156. The van der Waals surface area contributed by atoms with Gasteiger partial charge in [0.1, 0.15) is 4.47 Å². The third-order valence-electron chi connectivity index (χ3n) is 2.36. The van der Waals surface area contributed by atoms with Gasteiger partial charge in [0.2, 0.25) is 0 Å². The molecule has 0 saturated carbocycles. The zero-order valence-electron chi connectivity index (χ0n) is 9.40. The summed E-state index contributed by atoms with van der Waals surface area (Å²) >= 11 is 4.86. The first-order valence-electron chi connectivity index (χ1n) is 4.94. The van der Waals surface area contributed by atoms with Crippen molar-refractivity contribution in [2.24, 2.45) is 7.05 Å². The molecule has 2 rings (SSSR count). The summed E-state index contributed by atoms with van der Waals surface area (Å²) in [6, 6.07) is 0. The number of aromatic nitrogens is 3. The van der Waals surface area contributed by atoms with E-state index in [2.05, 4.69) is 31.3 Å². The molecule has 0 atom stereocenters. The Morgan fingerprint density at radius 2 is 2.35 bits per heavy atom. The number of anilines is 1. The highest BCUT2D eigenvalue weighted by Crippen LogP contribution is 2.19. The maximum Gasteiger partial charge on any atom is 0.282 e. The minimum atomic E-state index is -0.156. The van der Waals surface area contributed by atoms with Gasteiger partial charge in [0.25, 0.3) is 5.56 Å². The molecule has 0 aliphatic rings. The molecule has 90 valence electrons. The van der Waals surface area contributed by atoms with Crippen molar-refractivity contribution in [1.29, 1.82) is 0 Å². The number of hydrogen-bond donors (Lipinski definition) is 1. The highest BCUT2D eigenvalue weighted by molar-refractivity contribution is 9.10. The molecule has 0 fully saturated rings. The molecule has 0 aromatic carbocycles. The van der Waals surface area contributed by atoms with Gasteiger partial charge in [-0.2, -0.15) is 5.10 Å². The number of rotatable bonds is 3. The average molecular weight is 315 g/mol. The number of nitrogens with zero attached hydrogens (tertiary/aromatic N) is 3. The Balaban J connectivity index is 2.18. The predicted octanol–water partition coefficient (Wildman–Crippen LogP) is 1.92. The van der Waals surface area contributed by atoms with Crippen molar-refractivity contribution >= 4 is 33.0 Å². The van der Waals surface area contributed by atoms with Crippen LogP contribution in [0.4, 0.5) is 5.69 Å². The van der Waals surface area contributed by atoms with Crippen LogP contribution in [0.1, 0.15) is 10.6 Å². The zero-order chi connectivity index (χ0) is 12.4. The number of thiazole rings is 1. The van der Waals surface area contributed by atoms with Crippen molar-refractivity contribution in [3.05, 3.63) is 37.1 Å². The van der Waals surface area contributed by atoms with Crippen LogP contribution < -0.4 is 10.9 Å². The van der Waals surface area contributed by atoms with Crippen molar-refractivity contribution in [3.8, 4) is 0 Å². The highest BCUT2D eigenvalue weighted by Gasteiger charge is 2.07. The topological polar surface area (TPSA) is 59.8 Å². The second-order valence-electron chi connectivity index (χ2n) is 3.52. The molecular formula is C10H11BrN4OS. The first-order chi connectivity index (χ1) is 8.09. The van der Waals surface area contributed by atoms with Crippen molar-refractivity contribution in [2.75, 3.05) is 5.32 Å². The van der Waals surface area contributed by atoms with Crippen molar-refractivity contribution in [3.63, 3.8) is 0 Å². The largest absolute Gasteiger partial charge is 0.378 e. The Morgan fingerprint density at radius 1 is 1.59 bits per heavy atom. The van der Waals surface area contributed by atoms with Crippen LogP contribution in [0.15, 0.2) is 21.0 Å². The van der Waals surface area contributed by atoms with Crippen molar-refractivity contribution in [1.82, 2.24) is 14.8 Å². The summed E-state index contributed by atoms with van der Waals surface area (Å²) < 4.78 is 1.78. The first kappa shape index (κ1) is 12.3. The smallest absolute Gasteiger partial charge is 0.282 e. The van der Waals surface area contributed by atoms with Crippen LogP contribution in [0.3, 0.4) is 0 Å². The molecule has 5 nitrogen and oxygen atoms in total. The predicted molar refractivity (Wildman–Crippen MR) is 71.4 cm³/mol. The fourth-order valence-electron chi connectivity index (χ4n) is 1.31. The second kappa shape index (κ2) is 4.97. The Bertz CT molecular complexity index is 592. The fourth-order valence-corrected chi connectivity index (χ4v) is 2.52. The molecule has 0 saturated heterocycles. The minimum Gasteiger partial charge on any atom is -0.378 e. The van der Waals surface area contributed by atoms with E-state index in [1.54, 1.807) is 24.6 Å². The van der Waals surface area contributed by atoms with E-state index in [0.29, 0.717) is 16.7 Å². The van der Waals surface area contributed by atoms with Crippen molar-refractivity contribution < 1.29 is 0 Å². The summed E-state index contributed by atoms with van der Waals surface area (Å²) in [6.45, 7) is 2.61. The molecule has 0 aliphatic heterocycles. The quantitative estimate of drug-likeness (QED) is 0.940. The maximum atomic E-state index is 11.6. The molecule has 0 bridgehead atoms. The van der Waals surface area contributed by atoms with Gasteiger partial charge in [-0.25, -0.2) is 9.67 Å². The molecule has 17 heavy (non-hydrogen) atoms.